The second-order valence-corrected chi connectivity index (χ2v) is 7.77. The minimum Gasteiger partial charge on any atom is -0.480 e. The Morgan fingerprint density at radius 1 is 1.34 bits per heavy atom. The number of rotatable bonds is 9. The molecule has 0 radical (unpaired) electrons. The van der Waals surface area contributed by atoms with Gasteiger partial charge in [-0.25, -0.2) is 4.79 Å². The van der Waals surface area contributed by atoms with Crippen LogP contribution in [0.2, 0.25) is 0 Å². The molecular formula is C21H32N4O4. The molecule has 0 spiro atoms. The molecule has 8 heteroatoms. The van der Waals surface area contributed by atoms with Crippen LogP contribution in [-0.4, -0.2) is 66.8 Å². The van der Waals surface area contributed by atoms with Gasteiger partial charge in [-0.05, 0) is 31.2 Å². The van der Waals surface area contributed by atoms with E-state index in [4.69, 9.17) is 20.1 Å². The lowest BCUT2D eigenvalue weighted by Crippen LogP contribution is -2.41. The molecule has 2 fully saturated rings. The maximum absolute atomic E-state index is 10.6. The van der Waals surface area contributed by atoms with Gasteiger partial charge in [0.2, 0.25) is 0 Å². The number of aliphatic carboxylic acids is 1. The third-order valence-electron chi connectivity index (χ3n) is 5.47. The highest BCUT2D eigenvalue weighted by atomic mass is 16.7. The molecule has 2 atom stereocenters. The molecule has 0 bridgehead atoms. The molecule has 2 saturated heterocycles. The average Bonchev–Trinajstić information content (AvgIpc) is 3.20. The Balaban J connectivity index is 1.41. The first-order valence-corrected chi connectivity index (χ1v) is 10.4. The van der Waals surface area contributed by atoms with E-state index in [-0.39, 0.29) is 24.9 Å². The summed E-state index contributed by atoms with van der Waals surface area (Å²) in [5.41, 5.74) is 5.21. The van der Waals surface area contributed by atoms with Crippen molar-refractivity contribution in [3.05, 3.63) is 35.4 Å². The zero-order chi connectivity index (χ0) is 20.6. The highest BCUT2D eigenvalue weighted by molar-refractivity contribution is 5.96. The van der Waals surface area contributed by atoms with Gasteiger partial charge in [0, 0.05) is 31.7 Å². The number of ether oxygens (including phenoxy) is 1. The summed E-state index contributed by atoms with van der Waals surface area (Å²) in [5, 5.41) is 19.9. The quantitative estimate of drug-likeness (QED) is 0.368. The zero-order valence-electron chi connectivity index (χ0n) is 17.0. The number of carboxylic acids is 1. The largest absolute Gasteiger partial charge is 0.480 e. The Labute approximate surface area is 172 Å². The topological polar surface area (TPSA) is 107 Å². The fourth-order valence-corrected chi connectivity index (χ4v) is 3.82. The van der Waals surface area contributed by atoms with Gasteiger partial charge in [0.05, 0.1) is 18.2 Å². The van der Waals surface area contributed by atoms with Gasteiger partial charge in [0.1, 0.15) is 12.4 Å². The van der Waals surface area contributed by atoms with Crippen LogP contribution in [0.3, 0.4) is 0 Å². The Morgan fingerprint density at radius 3 is 2.72 bits per heavy atom. The number of hydroxylamine groups is 1. The van der Waals surface area contributed by atoms with Gasteiger partial charge >= 0.3 is 5.97 Å². The Kier molecular flexibility index (Phi) is 8.00. The van der Waals surface area contributed by atoms with Gasteiger partial charge < -0.3 is 20.1 Å². The molecule has 2 unspecified atom stereocenters. The van der Waals surface area contributed by atoms with E-state index in [0.29, 0.717) is 5.84 Å². The number of benzene rings is 1. The minimum atomic E-state index is -0.911. The molecule has 8 nitrogen and oxygen atoms in total. The van der Waals surface area contributed by atoms with Crippen LogP contribution in [0.15, 0.2) is 24.3 Å². The molecule has 3 rings (SSSR count). The van der Waals surface area contributed by atoms with E-state index in [0.717, 1.165) is 57.4 Å². The smallest absolute Gasteiger partial charge is 0.329 e. The lowest BCUT2D eigenvalue weighted by atomic mass is 10.00. The summed E-state index contributed by atoms with van der Waals surface area (Å²) in [6.45, 7) is 5.34. The van der Waals surface area contributed by atoms with E-state index in [1.165, 1.54) is 5.56 Å². The van der Waals surface area contributed by atoms with Crippen molar-refractivity contribution in [1.29, 1.82) is 5.41 Å². The van der Waals surface area contributed by atoms with Gasteiger partial charge in [0.15, 0.2) is 0 Å². The maximum atomic E-state index is 10.6. The number of amidine groups is 1. The van der Waals surface area contributed by atoms with E-state index in [1.807, 2.05) is 12.1 Å². The summed E-state index contributed by atoms with van der Waals surface area (Å²) in [5.74, 6) is -0.450. The Hall–Kier alpha value is -2.00. The van der Waals surface area contributed by atoms with Gasteiger partial charge in [-0.15, -0.1) is 0 Å². The van der Waals surface area contributed by atoms with E-state index in [9.17, 15) is 4.79 Å². The Morgan fingerprint density at radius 2 is 2.07 bits per heavy atom. The molecule has 0 saturated carbocycles. The van der Waals surface area contributed by atoms with E-state index >= 15 is 0 Å². The fraction of sp³-hybridized carbons (Fsp3) is 0.619. The first-order chi connectivity index (χ1) is 14.0. The predicted octanol–water partition coefficient (Wildman–Crippen LogP) is 1.91. The number of piperidine rings is 1. The lowest BCUT2D eigenvalue weighted by molar-refractivity contribution is -0.145. The highest BCUT2D eigenvalue weighted by Crippen LogP contribution is 2.27. The Bertz CT molecular complexity index is 674. The van der Waals surface area contributed by atoms with Crippen molar-refractivity contribution >= 4 is 11.8 Å². The van der Waals surface area contributed by atoms with Crippen LogP contribution < -0.4 is 10.8 Å². The summed E-state index contributed by atoms with van der Waals surface area (Å²) in [4.78, 5) is 18.8. The first-order valence-electron chi connectivity index (χ1n) is 10.4. The zero-order valence-corrected chi connectivity index (χ0v) is 17.0. The summed E-state index contributed by atoms with van der Waals surface area (Å²) in [7, 11) is 0. The van der Waals surface area contributed by atoms with Crippen LogP contribution in [0.4, 0.5) is 0 Å². The molecule has 2 heterocycles. The number of hydrogen-bond acceptors (Lipinski definition) is 6. The monoisotopic (exact) mass is 404 g/mol. The molecule has 2 aliphatic heterocycles. The van der Waals surface area contributed by atoms with Crippen molar-refractivity contribution in [2.45, 2.75) is 50.9 Å². The molecule has 2 aliphatic rings. The van der Waals surface area contributed by atoms with Crippen molar-refractivity contribution < 1.29 is 19.5 Å². The fourth-order valence-electron chi connectivity index (χ4n) is 3.82. The number of hydrogen-bond donors (Lipinski definition) is 4. The van der Waals surface area contributed by atoms with Gasteiger partial charge in [-0.3, -0.25) is 10.2 Å². The third-order valence-corrected chi connectivity index (χ3v) is 5.47. The number of carboxylic acid groups (broad SMARTS) is 1. The number of nitrogens with zero attached hydrogens (tertiary/aromatic N) is 1. The molecule has 160 valence electrons. The molecule has 0 aromatic heterocycles. The van der Waals surface area contributed by atoms with Gasteiger partial charge in [0.25, 0.3) is 0 Å². The van der Waals surface area contributed by atoms with Crippen LogP contribution in [0.5, 0.6) is 0 Å². The van der Waals surface area contributed by atoms with Gasteiger partial charge in [-0.2, -0.15) is 5.48 Å². The third kappa shape index (κ3) is 6.50. The first kappa shape index (κ1) is 21.7. The number of likely N-dealkylation sites (tertiary alicyclic amines) is 1. The molecule has 4 N–H and O–H groups in total. The van der Waals surface area contributed by atoms with Gasteiger partial charge in [-0.1, -0.05) is 31.2 Å². The molecule has 0 aliphatic carbocycles. The van der Waals surface area contributed by atoms with Crippen LogP contribution >= 0.6 is 0 Å². The van der Waals surface area contributed by atoms with Crippen molar-refractivity contribution in [1.82, 2.24) is 15.7 Å². The lowest BCUT2D eigenvalue weighted by Gasteiger charge is -2.32. The predicted molar refractivity (Wildman–Crippen MR) is 110 cm³/mol. The number of nitrogens with one attached hydrogen (secondary N) is 3. The van der Waals surface area contributed by atoms with Crippen molar-refractivity contribution in [2.24, 2.45) is 0 Å². The maximum Gasteiger partial charge on any atom is 0.329 e. The van der Waals surface area contributed by atoms with Crippen molar-refractivity contribution in [3.63, 3.8) is 0 Å². The van der Waals surface area contributed by atoms with Crippen LogP contribution in [-0.2, 0) is 14.4 Å². The number of carbonyl (C=O) groups is 1. The molecular weight excluding hydrogens is 372 g/mol. The van der Waals surface area contributed by atoms with Crippen molar-refractivity contribution in [3.8, 4) is 0 Å². The molecule has 0 amide bonds. The minimum absolute atomic E-state index is 0.0433. The van der Waals surface area contributed by atoms with E-state index < -0.39 is 5.97 Å². The molecule has 1 aromatic rings. The molecule has 1 aromatic carbocycles. The summed E-state index contributed by atoms with van der Waals surface area (Å²) in [6.07, 6.45) is 3.79. The van der Waals surface area contributed by atoms with Crippen LogP contribution in [0, 0.1) is 5.41 Å². The van der Waals surface area contributed by atoms with Crippen LogP contribution in [0.1, 0.15) is 49.8 Å². The summed E-state index contributed by atoms with van der Waals surface area (Å²) in [6, 6.07) is 8.25. The van der Waals surface area contributed by atoms with Crippen LogP contribution in [0.25, 0.3) is 0 Å². The van der Waals surface area contributed by atoms with E-state index in [1.54, 1.807) is 0 Å². The average molecular weight is 405 g/mol. The van der Waals surface area contributed by atoms with Crippen molar-refractivity contribution in [2.75, 3.05) is 32.8 Å². The standard InChI is InChI=1S/C21H32N4O4/c1-2-9-23-21(22)16-5-3-15(4-6-16)19-12-18(29-24-19)13-25-10-7-17(8-11-25)28-14-20(26)27/h3-6,17-19,24H,2,7-14H2,1H3,(H2,22,23)(H,26,27). The SMILES string of the molecule is CCCNC(=N)c1ccc(C2CC(CN3CCC(OCC(=O)O)CC3)ON2)cc1. The van der Waals surface area contributed by atoms with E-state index in [2.05, 4.69) is 34.8 Å². The normalized spacial score (nSPS) is 23.2. The second kappa shape index (κ2) is 10.7. The summed E-state index contributed by atoms with van der Waals surface area (Å²) < 4.78 is 5.40. The molecule has 29 heavy (non-hydrogen) atoms. The summed E-state index contributed by atoms with van der Waals surface area (Å²) >= 11 is 0. The highest BCUT2D eigenvalue weighted by Gasteiger charge is 2.30. The second-order valence-electron chi connectivity index (χ2n) is 7.77.